The van der Waals surface area contributed by atoms with E-state index in [9.17, 15) is 9.18 Å². The molecule has 2 rings (SSSR count). The molecule has 1 aliphatic heterocycles. The average Bonchev–Trinajstić information content (AvgIpc) is 2.30. The number of halogens is 1. The van der Waals surface area contributed by atoms with E-state index in [2.05, 4.69) is 0 Å². The van der Waals surface area contributed by atoms with Crippen LogP contribution in [-0.4, -0.2) is 12.5 Å². The number of nitrogen functional groups attached to an aromatic ring is 1. The summed E-state index contributed by atoms with van der Waals surface area (Å²) in [5.74, 6) is 0.0747. The van der Waals surface area contributed by atoms with Gasteiger partial charge in [0.15, 0.2) is 0 Å². The van der Waals surface area contributed by atoms with E-state index in [1.54, 1.807) is 23.1 Å². The molecule has 0 unspecified atom stereocenters. The van der Waals surface area contributed by atoms with Crippen LogP contribution in [0.1, 0.15) is 24.8 Å². The van der Waals surface area contributed by atoms with Gasteiger partial charge in [0.25, 0.3) is 0 Å². The maximum Gasteiger partial charge on any atom is 0.226 e. The first-order valence-electron chi connectivity index (χ1n) is 5.47. The van der Waals surface area contributed by atoms with Crippen LogP contribution >= 0.6 is 0 Å². The number of nitrogens with zero attached hydrogens (tertiary/aromatic N) is 1. The minimum Gasteiger partial charge on any atom is -0.399 e. The topological polar surface area (TPSA) is 46.3 Å². The molecule has 1 fully saturated rings. The number of rotatable bonds is 2. The number of hydrogen-bond acceptors (Lipinski definition) is 2. The number of nitrogens with two attached hydrogens (primary N) is 1. The number of carbonyl (C=O) groups is 1. The van der Waals surface area contributed by atoms with Crippen molar-refractivity contribution >= 4 is 17.3 Å². The van der Waals surface area contributed by atoms with Crippen molar-refractivity contribution in [3.05, 3.63) is 23.8 Å². The molecule has 0 aliphatic carbocycles. The van der Waals surface area contributed by atoms with E-state index in [0.29, 0.717) is 29.9 Å². The van der Waals surface area contributed by atoms with Gasteiger partial charge in [-0.2, -0.15) is 0 Å². The number of alkyl halides is 1. The lowest BCUT2D eigenvalue weighted by molar-refractivity contribution is -0.119. The molecule has 1 saturated heterocycles. The van der Waals surface area contributed by atoms with Gasteiger partial charge in [-0.3, -0.25) is 4.79 Å². The van der Waals surface area contributed by atoms with Crippen LogP contribution in [0.25, 0.3) is 0 Å². The predicted molar refractivity (Wildman–Crippen MR) is 61.9 cm³/mol. The molecule has 1 aromatic rings. The molecule has 0 spiro atoms. The van der Waals surface area contributed by atoms with Gasteiger partial charge < -0.3 is 10.6 Å². The quantitative estimate of drug-likeness (QED) is 0.780. The van der Waals surface area contributed by atoms with Crippen LogP contribution in [0, 0.1) is 0 Å². The van der Waals surface area contributed by atoms with Crippen LogP contribution in [0.3, 0.4) is 0 Å². The molecule has 1 aromatic carbocycles. The Hall–Kier alpha value is -1.58. The molecule has 1 amide bonds. The zero-order chi connectivity index (χ0) is 11.5. The van der Waals surface area contributed by atoms with E-state index in [4.69, 9.17) is 5.73 Å². The SMILES string of the molecule is Nc1ccc(N2CCCCC2=O)c(CF)c1. The maximum atomic E-state index is 12.9. The fraction of sp³-hybridized carbons (Fsp3) is 0.417. The van der Waals surface area contributed by atoms with Gasteiger partial charge >= 0.3 is 0 Å². The number of anilines is 2. The average molecular weight is 222 g/mol. The Kier molecular flexibility index (Phi) is 3.08. The summed E-state index contributed by atoms with van der Waals surface area (Å²) in [5, 5.41) is 0. The van der Waals surface area contributed by atoms with Crippen molar-refractivity contribution < 1.29 is 9.18 Å². The minimum atomic E-state index is -0.593. The van der Waals surface area contributed by atoms with Crippen molar-refractivity contribution in [2.75, 3.05) is 17.2 Å². The van der Waals surface area contributed by atoms with Crippen molar-refractivity contribution in [3.8, 4) is 0 Å². The second-order valence-corrected chi connectivity index (χ2v) is 4.02. The van der Waals surface area contributed by atoms with Crippen LogP contribution < -0.4 is 10.6 Å². The summed E-state index contributed by atoms with van der Waals surface area (Å²) in [6.45, 7) is 0.0832. The smallest absolute Gasteiger partial charge is 0.226 e. The Balaban J connectivity index is 2.34. The standard InChI is InChI=1S/C12H15FN2O/c13-8-9-7-10(14)4-5-11(9)15-6-2-1-3-12(15)16/h4-5,7H,1-3,6,8,14H2. The van der Waals surface area contributed by atoms with Crippen molar-refractivity contribution in [1.82, 2.24) is 0 Å². The van der Waals surface area contributed by atoms with Crippen LogP contribution in [0.5, 0.6) is 0 Å². The molecule has 86 valence electrons. The Morgan fingerprint density at radius 1 is 1.38 bits per heavy atom. The summed E-state index contributed by atoms with van der Waals surface area (Å²) in [7, 11) is 0. The zero-order valence-corrected chi connectivity index (χ0v) is 9.08. The largest absolute Gasteiger partial charge is 0.399 e. The fourth-order valence-corrected chi connectivity index (χ4v) is 2.04. The third kappa shape index (κ3) is 2.01. The summed E-state index contributed by atoms with van der Waals surface area (Å²) in [4.78, 5) is 13.4. The molecule has 0 saturated carbocycles. The van der Waals surface area contributed by atoms with Crippen molar-refractivity contribution in [2.24, 2.45) is 0 Å². The van der Waals surface area contributed by atoms with Gasteiger partial charge in [0, 0.05) is 29.9 Å². The Bertz CT molecular complexity index is 406. The van der Waals surface area contributed by atoms with Gasteiger partial charge in [-0.05, 0) is 31.0 Å². The molecule has 0 radical (unpaired) electrons. The van der Waals surface area contributed by atoms with Crippen LogP contribution in [0.2, 0.25) is 0 Å². The fourth-order valence-electron chi connectivity index (χ4n) is 2.04. The van der Waals surface area contributed by atoms with Gasteiger partial charge in [-0.1, -0.05) is 0 Å². The number of hydrogen-bond donors (Lipinski definition) is 1. The van der Waals surface area contributed by atoms with E-state index in [-0.39, 0.29) is 5.91 Å². The first kappa shape index (κ1) is 10.9. The molecule has 2 N–H and O–H groups in total. The molecule has 3 nitrogen and oxygen atoms in total. The normalized spacial score (nSPS) is 16.6. The van der Waals surface area contributed by atoms with E-state index in [1.165, 1.54) is 0 Å². The van der Waals surface area contributed by atoms with Crippen molar-refractivity contribution in [3.63, 3.8) is 0 Å². The Morgan fingerprint density at radius 3 is 2.88 bits per heavy atom. The summed E-state index contributed by atoms with van der Waals surface area (Å²) < 4.78 is 12.9. The van der Waals surface area contributed by atoms with E-state index < -0.39 is 6.67 Å². The molecule has 0 aromatic heterocycles. The van der Waals surface area contributed by atoms with Crippen LogP contribution in [0.15, 0.2) is 18.2 Å². The first-order chi connectivity index (χ1) is 7.72. The van der Waals surface area contributed by atoms with Crippen molar-refractivity contribution in [1.29, 1.82) is 0 Å². The minimum absolute atomic E-state index is 0.0747. The molecule has 0 bridgehead atoms. The first-order valence-corrected chi connectivity index (χ1v) is 5.47. The third-order valence-electron chi connectivity index (χ3n) is 2.86. The van der Waals surface area contributed by atoms with Gasteiger partial charge in [-0.25, -0.2) is 4.39 Å². The maximum absolute atomic E-state index is 12.9. The van der Waals surface area contributed by atoms with Gasteiger partial charge in [0.05, 0.1) is 0 Å². The number of piperidine rings is 1. The highest BCUT2D eigenvalue weighted by Gasteiger charge is 2.21. The highest BCUT2D eigenvalue weighted by Crippen LogP contribution is 2.27. The van der Waals surface area contributed by atoms with Crippen LogP contribution in [-0.2, 0) is 11.5 Å². The molecule has 4 heteroatoms. The highest BCUT2D eigenvalue weighted by molar-refractivity contribution is 5.95. The zero-order valence-electron chi connectivity index (χ0n) is 9.08. The predicted octanol–water partition coefficient (Wildman–Crippen LogP) is 2.26. The Labute approximate surface area is 94.0 Å². The summed E-state index contributed by atoms with van der Waals surface area (Å²) >= 11 is 0. The van der Waals surface area contributed by atoms with E-state index in [0.717, 1.165) is 12.8 Å². The van der Waals surface area contributed by atoms with Gasteiger partial charge in [0.2, 0.25) is 5.91 Å². The van der Waals surface area contributed by atoms with Crippen LogP contribution in [0.4, 0.5) is 15.8 Å². The molecular weight excluding hydrogens is 207 g/mol. The monoisotopic (exact) mass is 222 g/mol. The lowest BCUT2D eigenvalue weighted by Gasteiger charge is -2.28. The van der Waals surface area contributed by atoms with Gasteiger partial charge in [-0.15, -0.1) is 0 Å². The second kappa shape index (κ2) is 4.51. The number of benzene rings is 1. The number of amides is 1. The van der Waals surface area contributed by atoms with Crippen molar-refractivity contribution in [2.45, 2.75) is 25.9 Å². The summed E-state index contributed by atoms with van der Waals surface area (Å²) in [6, 6.07) is 5.03. The molecule has 1 heterocycles. The molecule has 0 atom stereocenters. The highest BCUT2D eigenvalue weighted by atomic mass is 19.1. The second-order valence-electron chi connectivity index (χ2n) is 4.02. The van der Waals surface area contributed by atoms with E-state index in [1.807, 2.05) is 0 Å². The summed E-state index contributed by atoms with van der Waals surface area (Å²) in [5.41, 5.74) is 7.29. The van der Waals surface area contributed by atoms with E-state index >= 15 is 0 Å². The molecular formula is C12H15FN2O. The number of carbonyl (C=O) groups excluding carboxylic acids is 1. The third-order valence-corrected chi connectivity index (χ3v) is 2.86. The summed E-state index contributed by atoms with van der Waals surface area (Å²) in [6.07, 6.45) is 2.45. The lowest BCUT2D eigenvalue weighted by atomic mass is 10.1. The lowest BCUT2D eigenvalue weighted by Crippen LogP contribution is -2.35. The molecule has 16 heavy (non-hydrogen) atoms. The molecule has 1 aliphatic rings. The van der Waals surface area contributed by atoms with Gasteiger partial charge in [0.1, 0.15) is 6.67 Å². The Morgan fingerprint density at radius 2 is 2.19 bits per heavy atom.